The van der Waals surface area contributed by atoms with E-state index in [0.29, 0.717) is 6.54 Å². The van der Waals surface area contributed by atoms with Crippen molar-refractivity contribution in [1.82, 2.24) is 4.90 Å². The number of methoxy groups -OCH3 is 1. The highest BCUT2D eigenvalue weighted by molar-refractivity contribution is 5.25. The van der Waals surface area contributed by atoms with Crippen LogP contribution in [0.5, 0.6) is 0 Å². The molecular weight excluding hydrogens is 280 g/mol. The van der Waals surface area contributed by atoms with Crippen molar-refractivity contribution >= 4 is 0 Å². The summed E-state index contributed by atoms with van der Waals surface area (Å²) in [7, 11) is 1.64. The molecule has 0 bridgehead atoms. The third kappa shape index (κ3) is 3.69. The van der Waals surface area contributed by atoms with Gasteiger partial charge in [-0.05, 0) is 0 Å². The van der Waals surface area contributed by atoms with E-state index in [2.05, 4.69) is 0 Å². The molecule has 1 saturated heterocycles. The molecule has 2 N–H and O–H groups in total. The second kappa shape index (κ2) is 6.96. The van der Waals surface area contributed by atoms with E-state index < -0.39 is 24.6 Å². The van der Waals surface area contributed by atoms with Crippen LogP contribution >= 0.6 is 0 Å². The number of β-amino-alcohol motifs (C(OH)–C–C–N with tert-alkyl or cyclic N) is 1. The first kappa shape index (κ1) is 16.5. The van der Waals surface area contributed by atoms with Crippen molar-refractivity contribution in [2.45, 2.75) is 31.7 Å². The highest BCUT2D eigenvalue weighted by Crippen LogP contribution is 2.28. The van der Waals surface area contributed by atoms with E-state index >= 15 is 0 Å². The summed E-state index contributed by atoms with van der Waals surface area (Å²) in [5.41, 5.74) is 1.08. The minimum absolute atomic E-state index is 0.0174. The molecular formula is C15H23F2NO3. The van der Waals surface area contributed by atoms with Crippen LogP contribution in [0.2, 0.25) is 0 Å². The van der Waals surface area contributed by atoms with Gasteiger partial charge in [-0.15, -0.1) is 0 Å². The van der Waals surface area contributed by atoms with Gasteiger partial charge in [0.05, 0.1) is 24.2 Å². The van der Waals surface area contributed by atoms with Gasteiger partial charge in [-0.1, -0.05) is 30.7 Å². The molecule has 0 saturated carbocycles. The van der Waals surface area contributed by atoms with Crippen LogP contribution in [0, 0.1) is 11.8 Å². The first-order chi connectivity index (χ1) is 9.93. The molecule has 1 aliphatic carbocycles. The van der Waals surface area contributed by atoms with Crippen molar-refractivity contribution in [2.75, 3.05) is 26.7 Å². The molecule has 0 aromatic carbocycles. The van der Waals surface area contributed by atoms with Gasteiger partial charge in [-0.25, -0.2) is 8.78 Å². The quantitative estimate of drug-likeness (QED) is 0.815. The lowest BCUT2D eigenvalue weighted by atomic mass is 9.88. The molecule has 1 aliphatic heterocycles. The number of alkyl halides is 2. The molecule has 0 radical (unpaired) electrons. The standard InChI is InChI=1S/C15H23F2NO3/c1-9-10(4-3-5-13(9)21-2)6-18-7-11(15(16)17)14(20)12(19)8-18/h3-5,9,11-15,19-20H,6-8H2,1-2H3/t9?,11-,12+,13?,14+/m0/s1. The van der Waals surface area contributed by atoms with Crippen molar-refractivity contribution in [3.8, 4) is 0 Å². The highest BCUT2D eigenvalue weighted by Gasteiger charge is 2.40. The summed E-state index contributed by atoms with van der Waals surface area (Å²) in [6, 6.07) is 0. The van der Waals surface area contributed by atoms with E-state index in [1.54, 1.807) is 12.0 Å². The lowest BCUT2D eigenvalue weighted by molar-refractivity contribution is -0.115. The average molecular weight is 303 g/mol. The van der Waals surface area contributed by atoms with Gasteiger partial charge >= 0.3 is 0 Å². The molecule has 4 nitrogen and oxygen atoms in total. The number of hydrogen-bond donors (Lipinski definition) is 2. The lowest BCUT2D eigenvalue weighted by Gasteiger charge is -2.40. The van der Waals surface area contributed by atoms with Crippen molar-refractivity contribution in [3.63, 3.8) is 0 Å². The molecule has 1 fully saturated rings. The molecule has 0 spiro atoms. The highest BCUT2D eigenvalue weighted by atomic mass is 19.3. The van der Waals surface area contributed by atoms with E-state index in [-0.39, 0.29) is 25.1 Å². The van der Waals surface area contributed by atoms with Crippen LogP contribution in [0.15, 0.2) is 23.8 Å². The molecule has 0 amide bonds. The van der Waals surface area contributed by atoms with Gasteiger partial charge in [0.15, 0.2) is 0 Å². The molecule has 0 aromatic heterocycles. The van der Waals surface area contributed by atoms with E-state index in [4.69, 9.17) is 4.74 Å². The monoisotopic (exact) mass is 303 g/mol. The number of aliphatic hydroxyl groups is 2. The zero-order valence-electron chi connectivity index (χ0n) is 12.3. The number of halogens is 2. The van der Waals surface area contributed by atoms with E-state index in [0.717, 1.165) is 5.57 Å². The number of rotatable bonds is 4. The second-order valence-corrected chi connectivity index (χ2v) is 5.87. The Balaban J connectivity index is 2.02. The first-order valence-corrected chi connectivity index (χ1v) is 7.20. The molecule has 6 heteroatoms. The van der Waals surface area contributed by atoms with Gasteiger partial charge in [0.2, 0.25) is 6.43 Å². The van der Waals surface area contributed by atoms with Gasteiger partial charge in [0.25, 0.3) is 0 Å². The van der Waals surface area contributed by atoms with E-state index in [1.807, 2.05) is 25.2 Å². The van der Waals surface area contributed by atoms with Crippen LogP contribution < -0.4 is 0 Å². The Kier molecular flexibility index (Phi) is 5.48. The SMILES string of the molecule is COC1C=CC=C(CN2C[C@@H](O)[C@H](O)[C@@H](C(F)F)C2)C1C. The number of aliphatic hydroxyl groups excluding tert-OH is 2. The number of ether oxygens (including phenoxy) is 1. The van der Waals surface area contributed by atoms with Gasteiger partial charge < -0.3 is 14.9 Å². The Morgan fingerprint density at radius 1 is 1.38 bits per heavy atom. The maximum atomic E-state index is 12.9. The smallest absolute Gasteiger partial charge is 0.245 e. The fourth-order valence-electron chi connectivity index (χ4n) is 3.05. The predicted octanol–water partition coefficient (Wildman–Crippen LogP) is 1.05. The van der Waals surface area contributed by atoms with Crippen molar-refractivity contribution < 1.29 is 23.7 Å². The van der Waals surface area contributed by atoms with Crippen LogP contribution in [0.3, 0.4) is 0 Å². The summed E-state index contributed by atoms with van der Waals surface area (Å²) in [4.78, 5) is 1.78. The largest absolute Gasteiger partial charge is 0.390 e. The van der Waals surface area contributed by atoms with Crippen LogP contribution in [0.25, 0.3) is 0 Å². The summed E-state index contributed by atoms with van der Waals surface area (Å²) >= 11 is 0. The van der Waals surface area contributed by atoms with E-state index in [9.17, 15) is 19.0 Å². The van der Waals surface area contributed by atoms with Crippen LogP contribution in [-0.4, -0.2) is 66.6 Å². The fourth-order valence-corrected chi connectivity index (χ4v) is 3.05. The van der Waals surface area contributed by atoms with Crippen molar-refractivity contribution in [2.24, 2.45) is 11.8 Å². The third-order valence-electron chi connectivity index (χ3n) is 4.44. The zero-order chi connectivity index (χ0) is 15.6. The Labute approximate surface area is 123 Å². The normalized spacial score (nSPS) is 37.9. The van der Waals surface area contributed by atoms with E-state index in [1.165, 1.54) is 0 Å². The molecule has 0 aromatic rings. The van der Waals surface area contributed by atoms with Gasteiger partial charge in [-0.3, -0.25) is 4.90 Å². The number of allylic oxidation sites excluding steroid dienone is 2. The Bertz CT molecular complexity index is 414. The molecule has 1 heterocycles. The number of hydrogen-bond acceptors (Lipinski definition) is 4. The van der Waals surface area contributed by atoms with Crippen molar-refractivity contribution in [1.29, 1.82) is 0 Å². The minimum Gasteiger partial charge on any atom is -0.390 e. The number of likely N-dealkylation sites (tertiary alicyclic amines) is 1. The van der Waals surface area contributed by atoms with Gasteiger partial charge in [0, 0.05) is 32.7 Å². The van der Waals surface area contributed by atoms with Crippen LogP contribution in [-0.2, 0) is 4.74 Å². The zero-order valence-corrected chi connectivity index (χ0v) is 12.3. The maximum absolute atomic E-state index is 12.9. The molecule has 2 unspecified atom stereocenters. The summed E-state index contributed by atoms with van der Waals surface area (Å²) in [5.74, 6) is -1.05. The van der Waals surface area contributed by atoms with Gasteiger partial charge in [-0.2, -0.15) is 0 Å². The summed E-state index contributed by atoms with van der Waals surface area (Å²) < 4.78 is 31.3. The summed E-state index contributed by atoms with van der Waals surface area (Å²) in [5, 5.41) is 19.4. The third-order valence-corrected chi connectivity index (χ3v) is 4.44. The summed E-state index contributed by atoms with van der Waals surface area (Å²) in [6.07, 6.45) is 0.693. The predicted molar refractivity (Wildman–Crippen MR) is 75.1 cm³/mol. The first-order valence-electron chi connectivity index (χ1n) is 7.20. The molecule has 21 heavy (non-hydrogen) atoms. The Morgan fingerprint density at radius 2 is 2.10 bits per heavy atom. The average Bonchev–Trinajstić information content (AvgIpc) is 2.44. The lowest BCUT2D eigenvalue weighted by Crippen LogP contribution is -2.55. The number of piperidine rings is 1. The molecule has 2 aliphatic rings. The minimum atomic E-state index is -2.64. The topological polar surface area (TPSA) is 52.9 Å². The van der Waals surface area contributed by atoms with Gasteiger partial charge in [0.1, 0.15) is 0 Å². The van der Waals surface area contributed by atoms with Crippen LogP contribution in [0.4, 0.5) is 8.78 Å². The van der Waals surface area contributed by atoms with Crippen LogP contribution in [0.1, 0.15) is 6.92 Å². The Morgan fingerprint density at radius 3 is 2.71 bits per heavy atom. The second-order valence-electron chi connectivity index (χ2n) is 5.87. The molecule has 120 valence electrons. The van der Waals surface area contributed by atoms with Crippen molar-refractivity contribution in [3.05, 3.63) is 23.8 Å². The fraction of sp³-hybridized carbons (Fsp3) is 0.733. The maximum Gasteiger partial charge on any atom is 0.245 e. The molecule has 2 rings (SSSR count). The summed E-state index contributed by atoms with van der Waals surface area (Å²) in [6.45, 7) is 2.82. The Hall–Kier alpha value is -0.820. The molecule has 5 atom stereocenters. The number of nitrogens with zero attached hydrogens (tertiary/aromatic N) is 1.